The van der Waals surface area contributed by atoms with Crippen molar-refractivity contribution in [1.82, 2.24) is 9.97 Å². The van der Waals surface area contributed by atoms with Gasteiger partial charge in [-0.15, -0.1) is 0 Å². The molecule has 0 saturated carbocycles. The molecule has 108 valence electrons. The van der Waals surface area contributed by atoms with Gasteiger partial charge in [-0.3, -0.25) is 0 Å². The molecule has 3 aromatic rings. The smallest absolute Gasteiger partial charge is 0.205 e. The molecule has 6 heteroatoms. The molecule has 0 saturated heterocycles. The minimum atomic E-state index is -3.22. The Morgan fingerprint density at radius 2 is 1.95 bits per heavy atom. The van der Waals surface area contributed by atoms with E-state index in [1.165, 1.54) is 6.26 Å². The molecule has 0 spiro atoms. The molecular formula is C15H15N3O2S. The van der Waals surface area contributed by atoms with Crippen LogP contribution in [-0.4, -0.2) is 24.6 Å². The first-order valence-electron chi connectivity index (χ1n) is 6.45. The summed E-state index contributed by atoms with van der Waals surface area (Å²) >= 11 is 0. The van der Waals surface area contributed by atoms with E-state index in [-0.39, 0.29) is 4.90 Å². The quantitative estimate of drug-likeness (QED) is 0.780. The summed E-state index contributed by atoms with van der Waals surface area (Å²) in [7, 11) is -3.22. The van der Waals surface area contributed by atoms with E-state index in [0.29, 0.717) is 11.6 Å². The number of nitrogens with one attached hydrogen (secondary N) is 2. The molecule has 3 rings (SSSR count). The molecule has 0 aliphatic carbocycles. The lowest BCUT2D eigenvalue weighted by Crippen LogP contribution is -1.99. The first-order chi connectivity index (χ1) is 9.91. The predicted octanol–water partition coefficient (Wildman–Crippen LogP) is 3.02. The van der Waals surface area contributed by atoms with Crippen molar-refractivity contribution in [2.75, 3.05) is 11.6 Å². The number of anilines is 2. The first-order valence-corrected chi connectivity index (χ1v) is 8.34. The second-order valence-electron chi connectivity index (χ2n) is 5.03. The summed E-state index contributed by atoms with van der Waals surface area (Å²) in [5.41, 5.74) is 3.63. The number of imidazole rings is 1. The second kappa shape index (κ2) is 4.89. The Kier molecular flexibility index (Phi) is 3.17. The van der Waals surface area contributed by atoms with Crippen molar-refractivity contribution in [2.45, 2.75) is 11.8 Å². The van der Waals surface area contributed by atoms with Crippen LogP contribution in [0.25, 0.3) is 11.0 Å². The molecule has 5 nitrogen and oxygen atoms in total. The van der Waals surface area contributed by atoms with Crippen LogP contribution in [0.3, 0.4) is 0 Å². The van der Waals surface area contributed by atoms with E-state index in [0.717, 1.165) is 16.6 Å². The van der Waals surface area contributed by atoms with Gasteiger partial charge in [-0.25, -0.2) is 13.4 Å². The summed E-state index contributed by atoms with van der Waals surface area (Å²) in [5.74, 6) is 0.584. The van der Waals surface area contributed by atoms with E-state index in [2.05, 4.69) is 15.3 Å². The van der Waals surface area contributed by atoms with Crippen molar-refractivity contribution in [3.63, 3.8) is 0 Å². The number of nitrogens with zero attached hydrogens (tertiary/aromatic N) is 1. The molecule has 1 aromatic heterocycles. The van der Waals surface area contributed by atoms with Crippen molar-refractivity contribution in [2.24, 2.45) is 0 Å². The zero-order valence-electron chi connectivity index (χ0n) is 11.7. The average Bonchev–Trinajstić information content (AvgIpc) is 2.79. The number of hydrogen-bond acceptors (Lipinski definition) is 4. The Morgan fingerprint density at radius 1 is 1.14 bits per heavy atom. The van der Waals surface area contributed by atoms with Crippen molar-refractivity contribution in [3.8, 4) is 0 Å². The molecule has 0 unspecified atom stereocenters. The van der Waals surface area contributed by atoms with Crippen molar-refractivity contribution >= 4 is 32.5 Å². The molecule has 0 amide bonds. The second-order valence-corrected chi connectivity index (χ2v) is 7.05. The summed E-state index contributed by atoms with van der Waals surface area (Å²) in [6.07, 6.45) is 1.19. The molecule has 0 radical (unpaired) electrons. The fraction of sp³-hybridized carbons (Fsp3) is 0.133. The standard InChI is InChI=1S/C15H15N3O2S/c1-10-6-7-13-14(8-10)18-15(17-13)16-11-4-3-5-12(9-11)21(2,19)20/h3-9H,1-2H3,(H2,16,17,18). The molecule has 0 fully saturated rings. The maximum Gasteiger partial charge on any atom is 0.205 e. The lowest BCUT2D eigenvalue weighted by atomic mass is 10.2. The minimum absolute atomic E-state index is 0.277. The largest absolute Gasteiger partial charge is 0.326 e. The van der Waals surface area contributed by atoms with E-state index < -0.39 is 9.84 Å². The number of sulfone groups is 1. The Hall–Kier alpha value is -2.34. The van der Waals surface area contributed by atoms with Gasteiger partial charge in [0.25, 0.3) is 0 Å². The highest BCUT2D eigenvalue weighted by Crippen LogP contribution is 2.21. The van der Waals surface area contributed by atoms with Crippen LogP contribution in [0.2, 0.25) is 0 Å². The molecule has 2 aromatic carbocycles. The lowest BCUT2D eigenvalue weighted by Gasteiger charge is -2.04. The normalized spacial score (nSPS) is 11.7. The van der Waals surface area contributed by atoms with Gasteiger partial charge in [-0.2, -0.15) is 0 Å². The van der Waals surface area contributed by atoms with Crippen LogP contribution < -0.4 is 5.32 Å². The first kappa shape index (κ1) is 13.6. The third-order valence-corrected chi connectivity index (χ3v) is 4.27. The Labute approximate surface area is 123 Å². The van der Waals surface area contributed by atoms with Crippen LogP contribution in [0.15, 0.2) is 47.4 Å². The van der Waals surface area contributed by atoms with E-state index in [9.17, 15) is 8.42 Å². The predicted molar refractivity (Wildman–Crippen MR) is 83.7 cm³/mol. The van der Waals surface area contributed by atoms with Gasteiger partial charge < -0.3 is 10.3 Å². The van der Waals surface area contributed by atoms with Crippen LogP contribution in [0.1, 0.15) is 5.56 Å². The molecule has 21 heavy (non-hydrogen) atoms. The van der Waals surface area contributed by atoms with Crippen molar-refractivity contribution < 1.29 is 8.42 Å². The SMILES string of the molecule is Cc1ccc2nc(Nc3cccc(S(C)(=O)=O)c3)[nH]c2c1. The highest BCUT2D eigenvalue weighted by molar-refractivity contribution is 7.90. The van der Waals surface area contributed by atoms with Gasteiger partial charge >= 0.3 is 0 Å². The fourth-order valence-electron chi connectivity index (χ4n) is 2.12. The molecule has 2 N–H and O–H groups in total. The summed E-state index contributed by atoms with van der Waals surface area (Å²) in [6.45, 7) is 2.02. The number of hydrogen-bond donors (Lipinski definition) is 2. The molecule has 0 aliphatic rings. The van der Waals surface area contributed by atoms with E-state index >= 15 is 0 Å². The summed E-state index contributed by atoms with van der Waals surface area (Å²) in [6, 6.07) is 12.6. The number of aromatic nitrogens is 2. The van der Waals surface area contributed by atoms with Gasteiger partial charge in [0.15, 0.2) is 9.84 Å². The Balaban J connectivity index is 1.95. The number of H-pyrrole nitrogens is 1. The highest BCUT2D eigenvalue weighted by Gasteiger charge is 2.08. The fourth-order valence-corrected chi connectivity index (χ4v) is 2.79. The van der Waals surface area contributed by atoms with E-state index in [1.807, 2.05) is 25.1 Å². The maximum atomic E-state index is 11.6. The molecular weight excluding hydrogens is 286 g/mol. The molecule has 0 aliphatic heterocycles. The van der Waals surface area contributed by atoms with E-state index in [4.69, 9.17) is 0 Å². The zero-order valence-corrected chi connectivity index (χ0v) is 12.5. The Bertz CT molecular complexity index is 914. The van der Waals surface area contributed by atoms with Gasteiger partial charge in [-0.05, 0) is 42.8 Å². The van der Waals surface area contributed by atoms with Gasteiger partial charge in [-0.1, -0.05) is 12.1 Å². The summed E-state index contributed by atoms with van der Waals surface area (Å²) in [4.78, 5) is 7.87. The van der Waals surface area contributed by atoms with Gasteiger partial charge in [0, 0.05) is 11.9 Å². The maximum absolute atomic E-state index is 11.6. The summed E-state index contributed by atoms with van der Waals surface area (Å²) in [5, 5.41) is 3.09. The average molecular weight is 301 g/mol. The molecule has 0 bridgehead atoms. The monoisotopic (exact) mass is 301 g/mol. The number of benzene rings is 2. The van der Waals surface area contributed by atoms with Gasteiger partial charge in [0.2, 0.25) is 5.95 Å². The lowest BCUT2D eigenvalue weighted by molar-refractivity contribution is 0.602. The van der Waals surface area contributed by atoms with Crippen molar-refractivity contribution in [3.05, 3.63) is 48.0 Å². The number of aryl methyl sites for hydroxylation is 1. The number of aromatic amines is 1. The number of rotatable bonds is 3. The zero-order chi connectivity index (χ0) is 15.0. The van der Waals surface area contributed by atoms with E-state index in [1.54, 1.807) is 24.3 Å². The molecule has 0 atom stereocenters. The van der Waals surface area contributed by atoms with Crippen LogP contribution in [0.4, 0.5) is 11.6 Å². The van der Waals surface area contributed by atoms with Gasteiger partial charge in [0.1, 0.15) is 0 Å². The number of fused-ring (bicyclic) bond motifs is 1. The molecule has 1 heterocycles. The summed E-state index contributed by atoms with van der Waals surface area (Å²) < 4.78 is 23.1. The van der Waals surface area contributed by atoms with Crippen molar-refractivity contribution in [1.29, 1.82) is 0 Å². The van der Waals surface area contributed by atoms with Gasteiger partial charge in [0.05, 0.1) is 15.9 Å². The highest BCUT2D eigenvalue weighted by atomic mass is 32.2. The van der Waals surface area contributed by atoms with Crippen LogP contribution in [0.5, 0.6) is 0 Å². The minimum Gasteiger partial charge on any atom is -0.326 e. The Morgan fingerprint density at radius 3 is 2.71 bits per heavy atom. The van der Waals surface area contributed by atoms with Crippen LogP contribution >= 0.6 is 0 Å². The third-order valence-electron chi connectivity index (χ3n) is 3.16. The topological polar surface area (TPSA) is 74.8 Å². The third kappa shape index (κ3) is 2.90. The van der Waals surface area contributed by atoms with Crippen LogP contribution in [-0.2, 0) is 9.84 Å². The van der Waals surface area contributed by atoms with Crippen LogP contribution in [0, 0.1) is 6.92 Å².